The molecule has 0 heterocycles. The Morgan fingerprint density at radius 1 is 1.29 bits per heavy atom. The fraction of sp³-hybridized carbons (Fsp3) is 0.462. The van der Waals surface area contributed by atoms with E-state index in [0.717, 1.165) is 11.1 Å². The van der Waals surface area contributed by atoms with E-state index in [1.807, 2.05) is 24.3 Å². The molecular weight excluding hydrogens is 220 g/mol. The third kappa shape index (κ3) is 4.54. The Labute approximate surface area is 101 Å². The van der Waals surface area contributed by atoms with Gasteiger partial charge in [-0.05, 0) is 18.1 Å². The monoisotopic (exact) mass is 238 g/mol. The van der Waals surface area contributed by atoms with Gasteiger partial charge in [-0.2, -0.15) is 0 Å². The summed E-state index contributed by atoms with van der Waals surface area (Å²) in [5.41, 5.74) is 1.83. The second-order valence-corrected chi connectivity index (χ2v) is 3.85. The standard InChI is InChI=1S/C13H18O4/c1-10(13(14)15)12-5-3-11(4-6-12)9-17-8-7-16-2/h3-6,10H,7-9H2,1-2H3,(H,14,15). The van der Waals surface area contributed by atoms with Crippen molar-refractivity contribution in [1.82, 2.24) is 0 Å². The van der Waals surface area contributed by atoms with E-state index in [0.29, 0.717) is 19.8 Å². The van der Waals surface area contributed by atoms with Crippen LogP contribution in [-0.4, -0.2) is 31.4 Å². The SMILES string of the molecule is COCCOCc1ccc(C(C)C(=O)O)cc1. The molecule has 17 heavy (non-hydrogen) atoms. The molecule has 0 bridgehead atoms. The van der Waals surface area contributed by atoms with Crippen molar-refractivity contribution < 1.29 is 19.4 Å². The summed E-state index contributed by atoms with van der Waals surface area (Å²) >= 11 is 0. The van der Waals surface area contributed by atoms with Crippen molar-refractivity contribution >= 4 is 5.97 Å². The summed E-state index contributed by atoms with van der Waals surface area (Å²) in [7, 11) is 1.63. The highest BCUT2D eigenvalue weighted by atomic mass is 16.5. The van der Waals surface area contributed by atoms with Crippen molar-refractivity contribution in [2.24, 2.45) is 0 Å². The predicted octanol–water partition coefficient (Wildman–Crippen LogP) is 2.04. The third-order valence-electron chi connectivity index (χ3n) is 2.55. The first-order valence-electron chi connectivity index (χ1n) is 5.53. The lowest BCUT2D eigenvalue weighted by Crippen LogP contribution is -2.07. The van der Waals surface area contributed by atoms with Gasteiger partial charge in [-0.3, -0.25) is 4.79 Å². The van der Waals surface area contributed by atoms with Crippen LogP contribution < -0.4 is 0 Å². The number of carboxylic acids is 1. The van der Waals surface area contributed by atoms with Crippen LogP contribution in [0.25, 0.3) is 0 Å². The Bertz CT molecular complexity index is 345. The fourth-order valence-electron chi connectivity index (χ4n) is 1.38. The molecule has 1 aromatic carbocycles. The van der Waals surface area contributed by atoms with E-state index >= 15 is 0 Å². The van der Waals surface area contributed by atoms with E-state index in [1.54, 1.807) is 14.0 Å². The molecule has 1 atom stereocenters. The Balaban J connectivity index is 2.47. The van der Waals surface area contributed by atoms with E-state index in [-0.39, 0.29) is 0 Å². The number of methoxy groups -OCH3 is 1. The molecule has 0 saturated carbocycles. The van der Waals surface area contributed by atoms with Crippen LogP contribution in [0.3, 0.4) is 0 Å². The van der Waals surface area contributed by atoms with Crippen molar-refractivity contribution in [3.05, 3.63) is 35.4 Å². The van der Waals surface area contributed by atoms with Crippen LogP contribution in [0.4, 0.5) is 0 Å². The zero-order valence-electron chi connectivity index (χ0n) is 10.2. The summed E-state index contributed by atoms with van der Waals surface area (Å²) in [5, 5.41) is 8.87. The molecule has 1 rings (SSSR count). The quantitative estimate of drug-likeness (QED) is 0.738. The van der Waals surface area contributed by atoms with Crippen molar-refractivity contribution in [2.45, 2.75) is 19.4 Å². The summed E-state index contributed by atoms with van der Waals surface area (Å²) in [4.78, 5) is 10.8. The lowest BCUT2D eigenvalue weighted by atomic mass is 10.0. The summed E-state index contributed by atoms with van der Waals surface area (Å²) in [6, 6.07) is 7.44. The maximum Gasteiger partial charge on any atom is 0.310 e. The number of hydrogen-bond donors (Lipinski definition) is 1. The summed E-state index contributed by atoms with van der Waals surface area (Å²) in [6.07, 6.45) is 0. The van der Waals surface area contributed by atoms with Crippen LogP contribution in [-0.2, 0) is 20.9 Å². The lowest BCUT2D eigenvalue weighted by molar-refractivity contribution is -0.138. The number of aliphatic carboxylic acids is 1. The van der Waals surface area contributed by atoms with E-state index in [1.165, 1.54) is 0 Å². The number of benzene rings is 1. The van der Waals surface area contributed by atoms with Crippen LogP contribution in [0.2, 0.25) is 0 Å². The normalized spacial score (nSPS) is 12.4. The number of rotatable bonds is 7. The second kappa shape index (κ2) is 7.04. The minimum Gasteiger partial charge on any atom is -0.481 e. The maximum atomic E-state index is 10.8. The first-order chi connectivity index (χ1) is 8.15. The van der Waals surface area contributed by atoms with Crippen molar-refractivity contribution in [3.63, 3.8) is 0 Å². The predicted molar refractivity (Wildman–Crippen MR) is 64.0 cm³/mol. The number of carbonyl (C=O) groups is 1. The number of ether oxygens (including phenoxy) is 2. The average Bonchev–Trinajstić information content (AvgIpc) is 2.34. The first kappa shape index (κ1) is 13.7. The molecule has 94 valence electrons. The maximum absolute atomic E-state index is 10.8. The topological polar surface area (TPSA) is 55.8 Å². The molecule has 4 heteroatoms. The molecule has 0 aromatic heterocycles. The summed E-state index contributed by atoms with van der Waals surface area (Å²) in [5.74, 6) is -1.28. The van der Waals surface area contributed by atoms with Crippen LogP contribution in [0.15, 0.2) is 24.3 Å². The van der Waals surface area contributed by atoms with E-state index in [9.17, 15) is 4.79 Å². The molecule has 0 saturated heterocycles. The average molecular weight is 238 g/mol. The Morgan fingerprint density at radius 2 is 1.94 bits per heavy atom. The highest BCUT2D eigenvalue weighted by molar-refractivity contribution is 5.75. The Morgan fingerprint density at radius 3 is 2.47 bits per heavy atom. The van der Waals surface area contributed by atoms with Gasteiger partial charge in [0.15, 0.2) is 0 Å². The van der Waals surface area contributed by atoms with Crippen LogP contribution in [0.1, 0.15) is 24.0 Å². The molecule has 0 radical (unpaired) electrons. The lowest BCUT2D eigenvalue weighted by Gasteiger charge is -2.08. The van der Waals surface area contributed by atoms with Gasteiger partial charge in [-0.15, -0.1) is 0 Å². The Hall–Kier alpha value is -1.39. The zero-order valence-corrected chi connectivity index (χ0v) is 10.2. The van der Waals surface area contributed by atoms with Crippen LogP contribution in [0.5, 0.6) is 0 Å². The van der Waals surface area contributed by atoms with Gasteiger partial charge in [-0.1, -0.05) is 24.3 Å². The van der Waals surface area contributed by atoms with E-state index < -0.39 is 11.9 Å². The second-order valence-electron chi connectivity index (χ2n) is 3.85. The largest absolute Gasteiger partial charge is 0.481 e. The molecule has 0 aliphatic carbocycles. The minimum atomic E-state index is -0.811. The van der Waals surface area contributed by atoms with Gasteiger partial charge >= 0.3 is 5.97 Å². The Kier molecular flexibility index (Phi) is 5.66. The molecule has 1 N–H and O–H groups in total. The first-order valence-corrected chi connectivity index (χ1v) is 5.53. The number of carboxylic acid groups (broad SMARTS) is 1. The third-order valence-corrected chi connectivity index (χ3v) is 2.55. The van der Waals surface area contributed by atoms with Crippen molar-refractivity contribution in [2.75, 3.05) is 20.3 Å². The molecule has 0 fully saturated rings. The van der Waals surface area contributed by atoms with Crippen molar-refractivity contribution in [1.29, 1.82) is 0 Å². The molecule has 4 nitrogen and oxygen atoms in total. The number of hydrogen-bond acceptors (Lipinski definition) is 3. The van der Waals surface area contributed by atoms with E-state index in [2.05, 4.69) is 0 Å². The van der Waals surface area contributed by atoms with Gasteiger partial charge in [-0.25, -0.2) is 0 Å². The minimum absolute atomic E-state index is 0.474. The van der Waals surface area contributed by atoms with Gasteiger partial charge in [0.05, 0.1) is 25.7 Å². The van der Waals surface area contributed by atoms with Gasteiger partial charge < -0.3 is 14.6 Å². The van der Waals surface area contributed by atoms with Gasteiger partial charge in [0.2, 0.25) is 0 Å². The molecule has 0 amide bonds. The van der Waals surface area contributed by atoms with Gasteiger partial charge in [0, 0.05) is 7.11 Å². The fourth-order valence-corrected chi connectivity index (χ4v) is 1.38. The van der Waals surface area contributed by atoms with Crippen molar-refractivity contribution in [3.8, 4) is 0 Å². The van der Waals surface area contributed by atoms with Crippen LogP contribution in [0, 0.1) is 0 Å². The molecule has 0 aliphatic rings. The summed E-state index contributed by atoms with van der Waals surface area (Å²) < 4.78 is 10.2. The molecule has 0 spiro atoms. The highest BCUT2D eigenvalue weighted by Gasteiger charge is 2.12. The molecular formula is C13H18O4. The smallest absolute Gasteiger partial charge is 0.310 e. The van der Waals surface area contributed by atoms with Gasteiger partial charge in [0.25, 0.3) is 0 Å². The highest BCUT2D eigenvalue weighted by Crippen LogP contribution is 2.16. The molecule has 1 aromatic rings. The molecule has 0 aliphatic heterocycles. The van der Waals surface area contributed by atoms with E-state index in [4.69, 9.17) is 14.6 Å². The van der Waals surface area contributed by atoms with Gasteiger partial charge in [0.1, 0.15) is 0 Å². The summed E-state index contributed by atoms with van der Waals surface area (Å²) in [6.45, 7) is 3.33. The van der Waals surface area contributed by atoms with Crippen LogP contribution >= 0.6 is 0 Å². The molecule has 1 unspecified atom stereocenters. The zero-order chi connectivity index (χ0) is 12.7.